The fraction of sp³-hybridized carbons (Fsp3) is 0.364. The first kappa shape index (κ1) is 22.7. The first-order chi connectivity index (χ1) is 13.6. The highest BCUT2D eigenvalue weighted by molar-refractivity contribution is 5.95. The third-order valence-electron chi connectivity index (χ3n) is 4.99. The lowest BCUT2D eigenvalue weighted by Crippen LogP contribution is -2.45. The molecule has 3 N–H and O–H groups in total. The van der Waals surface area contributed by atoms with Crippen LogP contribution < -0.4 is 15.8 Å². The fourth-order valence-electron chi connectivity index (χ4n) is 3.43. The van der Waals surface area contributed by atoms with Crippen LogP contribution in [0.5, 0.6) is 5.75 Å². The van der Waals surface area contributed by atoms with Crippen LogP contribution in [0.2, 0.25) is 0 Å². The Labute approximate surface area is 177 Å². The van der Waals surface area contributed by atoms with Crippen molar-refractivity contribution in [3.63, 3.8) is 0 Å². The van der Waals surface area contributed by atoms with E-state index in [9.17, 15) is 9.59 Å². The van der Waals surface area contributed by atoms with Crippen molar-refractivity contribution < 1.29 is 14.3 Å². The molecule has 1 saturated heterocycles. The second kappa shape index (κ2) is 11.4. The molecule has 0 aliphatic carbocycles. The van der Waals surface area contributed by atoms with Crippen LogP contribution in [0.25, 0.3) is 0 Å². The van der Waals surface area contributed by atoms with Gasteiger partial charge in [-0.1, -0.05) is 30.3 Å². The van der Waals surface area contributed by atoms with Gasteiger partial charge in [-0.05, 0) is 43.5 Å². The largest absolute Gasteiger partial charge is 0.493 e. The Kier molecular flexibility index (Phi) is 8.96. The molecule has 3 rings (SSSR count). The predicted octanol–water partition coefficient (Wildman–Crippen LogP) is 2.87. The van der Waals surface area contributed by atoms with E-state index in [1.165, 1.54) is 0 Å². The number of carbonyl (C=O) groups is 2. The summed E-state index contributed by atoms with van der Waals surface area (Å²) in [5, 5.41) is 3.13. The smallest absolute Gasteiger partial charge is 0.252 e. The van der Waals surface area contributed by atoms with Gasteiger partial charge in [0.2, 0.25) is 0 Å². The van der Waals surface area contributed by atoms with Crippen molar-refractivity contribution in [2.24, 2.45) is 5.73 Å². The van der Waals surface area contributed by atoms with Gasteiger partial charge in [-0.25, -0.2) is 0 Å². The van der Waals surface area contributed by atoms with Crippen molar-refractivity contribution in [1.29, 1.82) is 0 Å². The SMILES string of the molecule is Cl.NC(=O)c1ccccc1OCCCN1CCC(NC(=O)c2ccccc2)CC1. The molecular formula is C22H28ClN3O3. The Hall–Kier alpha value is -2.57. The Morgan fingerprint density at radius 2 is 1.69 bits per heavy atom. The van der Waals surface area contributed by atoms with Crippen molar-refractivity contribution in [2.45, 2.75) is 25.3 Å². The molecule has 29 heavy (non-hydrogen) atoms. The quantitative estimate of drug-likeness (QED) is 0.647. The second-order valence-corrected chi connectivity index (χ2v) is 7.02. The molecule has 7 heteroatoms. The van der Waals surface area contributed by atoms with Crippen molar-refractivity contribution in [3.05, 3.63) is 65.7 Å². The summed E-state index contributed by atoms with van der Waals surface area (Å²) >= 11 is 0. The van der Waals surface area contributed by atoms with E-state index < -0.39 is 5.91 Å². The van der Waals surface area contributed by atoms with Crippen LogP contribution >= 0.6 is 12.4 Å². The van der Waals surface area contributed by atoms with Crippen molar-refractivity contribution in [1.82, 2.24) is 10.2 Å². The number of hydrogen-bond donors (Lipinski definition) is 2. The number of ether oxygens (including phenoxy) is 1. The van der Waals surface area contributed by atoms with E-state index in [1.807, 2.05) is 36.4 Å². The Bertz CT molecular complexity index is 793. The standard InChI is InChI=1S/C22H27N3O3.ClH/c23-21(26)19-9-4-5-10-20(19)28-16-6-13-25-14-11-18(12-15-25)24-22(27)17-7-2-1-3-8-17;/h1-5,7-10,18H,6,11-16H2,(H2,23,26)(H,24,27);1H. The number of nitrogens with zero attached hydrogens (tertiary/aromatic N) is 1. The summed E-state index contributed by atoms with van der Waals surface area (Å²) in [6.45, 7) is 3.38. The number of carbonyl (C=O) groups excluding carboxylic acids is 2. The van der Waals surface area contributed by atoms with Crippen LogP contribution in [0.15, 0.2) is 54.6 Å². The highest BCUT2D eigenvalue weighted by Crippen LogP contribution is 2.17. The number of para-hydroxylation sites is 1. The lowest BCUT2D eigenvalue weighted by Gasteiger charge is -2.32. The molecule has 0 aromatic heterocycles. The molecule has 6 nitrogen and oxygen atoms in total. The summed E-state index contributed by atoms with van der Waals surface area (Å²) in [6.07, 6.45) is 2.77. The maximum atomic E-state index is 12.2. The van der Waals surface area contributed by atoms with Crippen LogP contribution in [0.4, 0.5) is 0 Å². The van der Waals surface area contributed by atoms with Crippen LogP contribution in [0.1, 0.15) is 40.0 Å². The van der Waals surface area contributed by atoms with Gasteiger partial charge in [0, 0.05) is 31.2 Å². The number of benzene rings is 2. The Morgan fingerprint density at radius 3 is 2.38 bits per heavy atom. The number of nitrogens with one attached hydrogen (secondary N) is 1. The van der Waals surface area contributed by atoms with Gasteiger partial charge in [0.1, 0.15) is 5.75 Å². The van der Waals surface area contributed by atoms with Crippen molar-refractivity contribution in [3.8, 4) is 5.75 Å². The van der Waals surface area contributed by atoms with Gasteiger partial charge in [0.05, 0.1) is 12.2 Å². The molecule has 0 spiro atoms. The maximum Gasteiger partial charge on any atom is 0.252 e. The zero-order valence-electron chi connectivity index (χ0n) is 16.4. The van der Waals surface area contributed by atoms with E-state index in [1.54, 1.807) is 18.2 Å². The van der Waals surface area contributed by atoms with Crippen LogP contribution in [0, 0.1) is 0 Å². The summed E-state index contributed by atoms with van der Waals surface area (Å²) in [4.78, 5) is 26.0. The molecule has 1 aliphatic heterocycles. The molecule has 2 aromatic carbocycles. The fourth-order valence-corrected chi connectivity index (χ4v) is 3.43. The monoisotopic (exact) mass is 417 g/mol. The van der Waals surface area contributed by atoms with Crippen LogP contribution in [-0.2, 0) is 0 Å². The number of primary amides is 1. The normalized spacial score (nSPS) is 14.6. The number of amides is 2. The molecule has 0 radical (unpaired) electrons. The molecule has 0 atom stereocenters. The first-order valence-corrected chi connectivity index (χ1v) is 9.73. The summed E-state index contributed by atoms with van der Waals surface area (Å²) < 4.78 is 5.73. The van der Waals surface area contributed by atoms with Gasteiger partial charge in [0.25, 0.3) is 11.8 Å². The van der Waals surface area contributed by atoms with Gasteiger partial charge in [-0.3, -0.25) is 9.59 Å². The number of likely N-dealkylation sites (tertiary alicyclic amines) is 1. The molecule has 0 unspecified atom stereocenters. The van der Waals surface area contributed by atoms with Gasteiger partial charge in [0.15, 0.2) is 0 Å². The van der Waals surface area contributed by atoms with Gasteiger partial charge < -0.3 is 20.7 Å². The lowest BCUT2D eigenvalue weighted by atomic mass is 10.0. The van der Waals surface area contributed by atoms with E-state index in [2.05, 4.69) is 10.2 Å². The molecule has 2 amide bonds. The predicted molar refractivity (Wildman–Crippen MR) is 116 cm³/mol. The van der Waals surface area contributed by atoms with Crippen LogP contribution in [0.3, 0.4) is 0 Å². The lowest BCUT2D eigenvalue weighted by molar-refractivity contribution is 0.0909. The minimum Gasteiger partial charge on any atom is -0.493 e. The minimum absolute atomic E-state index is 0. The molecule has 1 heterocycles. The first-order valence-electron chi connectivity index (χ1n) is 9.73. The average Bonchev–Trinajstić information content (AvgIpc) is 2.73. The minimum atomic E-state index is -0.477. The zero-order chi connectivity index (χ0) is 19.8. The van der Waals surface area contributed by atoms with Crippen molar-refractivity contribution >= 4 is 24.2 Å². The highest BCUT2D eigenvalue weighted by atomic mass is 35.5. The highest BCUT2D eigenvalue weighted by Gasteiger charge is 2.20. The Morgan fingerprint density at radius 1 is 1.03 bits per heavy atom. The molecule has 0 saturated carbocycles. The summed E-state index contributed by atoms with van der Waals surface area (Å²) in [5.74, 6) is 0.0631. The van der Waals surface area contributed by atoms with E-state index in [4.69, 9.17) is 10.5 Å². The van der Waals surface area contributed by atoms with E-state index in [0.717, 1.165) is 38.9 Å². The number of nitrogens with two attached hydrogens (primary N) is 1. The molecule has 1 aliphatic rings. The third kappa shape index (κ3) is 6.76. The second-order valence-electron chi connectivity index (χ2n) is 7.02. The Balaban J connectivity index is 0.00000300. The number of halogens is 1. The third-order valence-corrected chi connectivity index (χ3v) is 4.99. The van der Waals surface area contributed by atoms with Crippen LogP contribution in [-0.4, -0.2) is 49.0 Å². The molecular weight excluding hydrogens is 390 g/mol. The van der Waals surface area contributed by atoms with Crippen molar-refractivity contribution in [2.75, 3.05) is 26.2 Å². The van der Waals surface area contributed by atoms with Gasteiger partial charge in [-0.15, -0.1) is 12.4 Å². The van der Waals surface area contributed by atoms with Gasteiger partial charge in [-0.2, -0.15) is 0 Å². The molecule has 1 fully saturated rings. The zero-order valence-corrected chi connectivity index (χ0v) is 17.2. The number of rotatable bonds is 8. The summed E-state index contributed by atoms with van der Waals surface area (Å²) in [7, 11) is 0. The maximum absolute atomic E-state index is 12.2. The molecule has 0 bridgehead atoms. The molecule has 156 valence electrons. The van der Waals surface area contributed by atoms with E-state index in [-0.39, 0.29) is 24.4 Å². The number of piperidine rings is 1. The molecule has 2 aromatic rings. The topological polar surface area (TPSA) is 84.7 Å². The summed E-state index contributed by atoms with van der Waals surface area (Å²) in [6, 6.07) is 16.6. The van der Waals surface area contributed by atoms with E-state index in [0.29, 0.717) is 23.5 Å². The van der Waals surface area contributed by atoms with E-state index >= 15 is 0 Å². The summed E-state index contributed by atoms with van der Waals surface area (Å²) in [5.41, 5.74) is 6.48. The average molecular weight is 418 g/mol. The van der Waals surface area contributed by atoms with Gasteiger partial charge >= 0.3 is 0 Å². The number of hydrogen-bond acceptors (Lipinski definition) is 4.